The molecule has 8 nitrogen and oxygen atoms in total. The number of anilines is 1. The van der Waals surface area contributed by atoms with Crippen LogP contribution in [0, 0.1) is 6.92 Å². The van der Waals surface area contributed by atoms with Crippen molar-refractivity contribution in [2.24, 2.45) is 0 Å². The van der Waals surface area contributed by atoms with Crippen LogP contribution in [-0.2, 0) is 14.8 Å². The molecule has 1 aliphatic heterocycles. The minimum atomic E-state index is -3.46. The van der Waals surface area contributed by atoms with Crippen molar-refractivity contribution in [2.45, 2.75) is 11.8 Å². The molecule has 0 bridgehead atoms. The number of nitrogens with one attached hydrogen (secondary N) is 2. The lowest BCUT2D eigenvalue weighted by atomic mass is 10.3. The Morgan fingerprint density at radius 1 is 1.28 bits per heavy atom. The van der Waals surface area contributed by atoms with Gasteiger partial charge >= 0.3 is 0 Å². The van der Waals surface area contributed by atoms with Crippen LogP contribution in [0.2, 0.25) is 0 Å². The first-order valence-electron chi connectivity index (χ1n) is 8.07. The van der Waals surface area contributed by atoms with Crippen LogP contribution in [0.3, 0.4) is 0 Å². The summed E-state index contributed by atoms with van der Waals surface area (Å²) < 4.78 is 31.5. The van der Waals surface area contributed by atoms with E-state index in [0.717, 1.165) is 4.90 Å². The van der Waals surface area contributed by atoms with Gasteiger partial charge in [-0.2, -0.15) is 4.31 Å². The molecule has 2 heterocycles. The van der Waals surface area contributed by atoms with Crippen molar-refractivity contribution >= 4 is 21.7 Å². The molecule has 0 aliphatic carbocycles. The van der Waals surface area contributed by atoms with Gasteiger partial charge in [0.25, 0.3) is 5.91 Å². The van der Waals surface area contributed by atoms with E-state index in [1.807, 2.05) is 0 Å². The maximum absolute atomic E-state index is 12.6. The zero-order valence-corrected chi connectivity index (χ0v) is 14.8. The van der Waals surface area contributed by atoms with Gasteiger partial charge in [-0.05, 0) is 19.1 Å². The Bertz CT molecular complexity index is 827. The summed E-state index contributed by atoms with van der Waals surface area (Å²) in [5.74, 6) is 0.859. The third kappa shape index (κ3) is 4.25. The van der Waals surface area contributed by atoms with Gasteiger partial charge in [0.15, 0.2) is 12.4 Å². The lowest BCUT2D eigenvalue weighted by molar-refractivity contribution is -0.895. The van der Waals surface area contributed by atoms with Crippen molar-refractivity contribution in [2.75, 3.05) is 38.0 Å². The maximum Gasteiger partial charge on any atom is 0.280 e. The topological polar surface area (TPSA) is 97.0 Å². The molecule has 1 aromatic carbocycles. The number of hydrogen-bond donors (Lipinski definition) is 2. The number of aryl methyl sites for hydroxylation is 1. The summed E-state index contributed by atoms with van der Waals surface area (Å²) in [6.07, 6.45) is 0. The van der Waals surface area contributed by atoms with Crippen LogP contribution in [0.25, 0.3) is 0 Å². The number of quaternary nitrogens is 1. The van der Waals surface area contributed by atoms with E-state index in [1.54, 1.807) is 43.3 Å². The number of amides is 1. The molecule has 1 aromatic heterocycles. The minimum Gasteiger partial charge on any atom is -0.360 e. The van der Waals surface area contributed by atoms with Gasteiger partial charge in [0.05, 0.1) is 31.1 Å². The fourth-order valence-corrected chi connectivity index (χ4v) is 4.26. The summed E-state index contributed by atoms with van der Waals surface area (Å²) in [4.78, 5) is 13.4. The molecule has 1 fully saturated rings. The van der Waals surface area contributed by atoms with Crippen LogP contribution in [-0.4, -0.2) is 56.5 Å². The maximum atomic E-state index is 12.6. The molecule has 0 radical (unpaired) electrons. The molecule has 134 valence electrons. The summed E-state index contributed by atoms with van der Waals surface area (Å²) in [7, 11) is -3.46. The first-order valence-corrected chi connectivity index (χ1v) is 9.51. The molecule has 0 atom stereocenters. The number of carbonyl (C=O) groups is 1. The normalized spacial score (nSPS) is 16.7. The molecular weight excluding hydrogens is 344 g/mol. The molecular formula is C16H21N4O4S+. The van der Waals surface area contributed by atoms with Gasteiger partial charge in [-0.15, -0.1) is 0 Å². The standard InChI is InChI=1S/C16H20N4O4S/c1-13-11-15(18-24-13)17-16(21)12-19-7-9-20(10-8-19)25(22,23)14-5-3-2-4-6-14/h2-6,11H,7-10,12H2,1H3,(H,17,18,21)/p+1. The summed E-state index contributed by atoms with van der Waals surface area (Å²) in [5, 5.41) is 6.40. The molecule has 1 aliphatic rings. The molecule has 0 saturated carbocycles. The number of aromatic nitrogens is 1. The Labute approximate surface area is 146 Å². The number of hydrogen-bond acceptors (Lipinski definition) is 5. The molecule has 9 heteroatoms. The van der Waals surface area contributed by atoms with E-state index >= 15 is 0 Å². The van der Waals surface area contributed by atoms with Gasteiger partial charge < -0.3 is 14.7 Å². The second-order valence-electron chi connectivity index (χ2n) is 6.01. The first kappa shape index (κ1) is 17.6. The molecule has 3 rings (SSSR count). The Balaban J connectivity index is 1.52. The highest BCUT2D eigenvalue weighted by atomic mass is 32.2. The van der Waals surface area contributed by atoms with E-state index in [-0.39, 0.29) is 12.5 Å². The van der Waals surface area contributed by atoms with Gasteiger partial charge in [-0.3, -0.25) is 4.79 Å². The Kier molecular flexibility index (Phi) is 5.16. The zero-order chi connectivity index (χ0) is 17.9. The summed E-state index contributed by atoms with van der Waals surface area (Å²) >= 11 is 0. The van der Waals surface area contributed by atoms with Gasteiger partial charge in [-0.1, -0.05) is 23.4 Å². The van der Waals surface area contributed by atoms with Crippen LogP contribution >= 0.6 is 0 Å². The van der Waals surface area contributed by atoms with Crippen LogP contribution in [0.15, 0.2) is 45.8 Å². The molecule has 1 saturated heterocycles. The predicted molar refractivity (Wildman–Crippen MR) is 90.6 cm³/mol. The van der Waals surface area contributed by atoms with Gasteiger partial charge in [0.1, 0.15) is 5.76 Å². The molecule has 2 aromatic rings. The van der Waals surface area contributed by atoms with Crippen molar-refractivity contribution in [1.82, 2.24) is 9.46 Å². The average Bonchev–Trinajstić information content (AvgIpc) is 3.01. The number of sulfonamides is 1. The third-order valence-corrected chi connectivity index (χ3v) is 6.03. The highest BCUT2D eigenvalue weighted by Crippen LogP contribution is 2.14. The number of piperazine rings is 1. The van der Waals surface area contributed by atoms with Gasteiger partial charge in [-0.25, -0.2) is 8.42 Å². The van der Waals surface area contributed by atoms with E-state index in [1.165, 1.54) is 4.31 Å². The third-order valence-electron chi connectivity index (χ3n) is 4.12. The molecule has 25 heavy (non-hydrogen) atoms. The van der Waals surface area contributed by atoms with E-state index in [9.17, 15) is 13.2 Å². The van der Waals surface area contributed by atoms with Crippen molar-refractivity contribution < 1.29 is 22.6 Å². The van der Waals surface area contributed by atoms with Gasteiger partial charge in [0, 0.05) is 6.07 Å². The molecule has 1 amide bonds. The first-order chi connectivity index (χ1) is 11.9. The Hall–Kier alpha value is -2.23. The highest BCUT2D eigenvalue weighted by molar-refractivity contribution is 7.89. The number of carbonyl (C=O) groups excluding carboxylic acids is 1. The van der Waals surface area contributed by atoms with Crippen molar-refractivity contribution in [1.29, 1.82) is 0 Å². The van der Waals surface area contributed by atoms with Crippen LogP contribution in [0.1, 0.15) is 5.76 Å². The Morgan fingerprint density at radius 3 is 2.56 bits per heavy atom. The summed E-state index contributed by atoms with van der Waals surface area (Å²) in [5.41, 5.74) is 0. The van der Waals surface area contributed by atoms with Crippen LogP contribution in [0.4, 0.5) is 5.82 Å². The average molecular weight is 365 g/mol. The predicted octanol–water partition coefficient (Wildman–Crippen LogP) is -0.489. The quantitative estimate of drug-likeness (QED) is 0.745. The van der Waals surface area contributed by atoms with Crippen LogP contribution in [0.5, 0.6) is 0 Å². The Morgan fingerprint density at radius 2 is 1.96 bits per heavy atom. The zero-order valence-electron chi connectivity index (χ0n) is 13.9. The summed E-state index contributed by atoms with van der Waals surface area (Å²) in [6, 6.07) is 10.1. The lowest BCUT2D eigenvalue weighted by Gasteiger charge is -2.31. The summed E-state index contributed by atoms with van der Waals surface area (Å²) in [6.45, 7) is 3.96. The van der Waals surface area contributed by atoms with Crippen molar-refractivity contribution in [3.05, 3.63) is 42.2 Å². The van der Waals surface area contributed by atoms with E-state index in [4.69, 9.17) is 4.52 Å². The fraction of sp³-hybridized carbons (Fsp3) is 0.375. The SMILES string of the molecule is Cc1cc(NC(=O)C[NH+]2CCN(S(=O)(=O)c3ccccc3)CC2)no1. The lowest BCUT2D eigenvalue weighted by Crippen LogP contribution is -3.15. The smallest absolute Gasteiger partial charge is 0.280 e. The second-order valence-corrected chi connectivity index (χ2v) is 7.95. The van der Waals surface area contributed by atoms with Crippen molar-refractivity contribution in [3.63, 3.8) is 0 Å². The number of rotatable bonds is 5. The highest BCUT2D eigenvalue weighted by Gasteiger charge is 2.31. The van der Waals surface area contributed by atoms with Gasteiger partial charge in [0.2, 0.25) is 10.0 Å². The number of benzene rings is 1. The fourth-order valence-electron chi connectivity index (χ4n) is 2.80. The molecule has 2 N–H and O–H groups in total. The minimum absolute atomic E-state index is 0.164. The largest absolute Gasteiger partial charge is 0.360 e. The second kappa shape index (κ2) is 7.34. The number of nitrogens with zero attached hydrogens (tertiary/aromatic N) is 2. The monoisotopic (exact) mass is 365 g/mol. The van der Waals surface area contributed by atoms with Crippen molar-refractivity contribution in [3.8, 4) is 0 Å². The van der Waals surface area contributed by atoms with E-state index < -0.39 is 10.0 Å². The molecule has 0 unspecified atom stereocenters. The molecule has 0 spiro atoms. The van der Waals surface area contributed by atoms with Crippen LogP contribution < -0.4 is 10.2 Å². The van der Waals surface area contributed by atoms with E-state index in [2.05, 4.69) is 10.5 Å². The van der Waals surface area contributed by atoms with E-state index in [0.29, 0.717) is 42.7 Å².